The molecule has 0 saturated carbocycles. The van der Waals surface area contributed by atoms with Crippen LogP contribution in [0.5, 0.6) is 0 Å². The van der Waals surface area contributed by atoms with Crippen molar-refractivity contribution in [1.82, 2.24) is 19.1 Å². The summed E-state index contributed by atoms with van der Waals surface area (Å²) in [6.07, 6.45) is 0.890. The lowest BCUT2D eigenvalue weighted by molar-refractivity contribution is -0.0505. The number of nitrogens with two attached hydrogens (primary N) is 1. The number of fused-ring (bicyclic) bond motifs is 1. The molecule has 0 aliphatic carbocycles. The van der Waals surface area contributed by atoms with Gasteiger partial charge in [-0.15, -0.1) is 6.58 Å². The number of rotatable bonds is 4. The second-order valence-electron chi connectivity index (χ2n) is 5.12. The zero-order valence-electron chi connectivity index (χ0n) is 11.8. The highest BCUT2D eigenvalue weighted by atomic mass is 16.5. The second-order valence-corrected chi connectivity index (χ2v) is 5.12. The van der Waals surface area contributed by atoms with Gasteiger partial charge in [0.25, 0.3) is 0 Å². The number of hydrogen-bond acceptors (Lipinski definition) is 7. The van der Waals surface area contributed by atoms with Crippen molar-refractivity contribution in [1.29, 1.82) is 0 Å². The molecule has 3 heterocycles. The largest absolute Gasteiger partial charge is 0.394 e. The monoisotopic (exact) mass is 307 g/mol. The number of allylic oxidation sites excluding steroid dienone is 1. The fourth-order valence-corrected chi connectivity index (χ4v) is 2.69. The fourth-order valence-electron chi connectivity index (χ4n) is 2.69. The Morgan fingerprint density at radius 1 is 1.59 bits per heavy atom. The third kappa shape index (κ3) is 2.19. The number of aromatic nitrogens is 4. The van der Waals surface area contributed by atoms with E-state index in [-0.39, 0.29) is 31.2 Å². The van der Waals surface area contributed by atoms with Crippen LogP contribution < -0.4 is 11.4 Å². The average molecular weight is 307 g/mol. The molecule has 9 nitrogen and oxygen atoms in total. The first-order valence-corrected chi connectivity index (χ1v) is 6.85. The summed E-state index contributed by atoms with van der Waals surface area (Å²) in [6.45, 7) is 3.65. The second kappa shape index (κ2) is 5.52. The highest BCUT2D eigenvalue weighted by Crippen LogP contribution is 2.30. The first-order valence-electron chi connectivity index (χ1n) is 6.85. The Kier molecular flexibility index (Phi) is 3.69. The van der Waals surface area contributed by atoms with Crippen LogP contribution in [0.25, 0.3) is 11.2 Å². The highest BCUT2D eigenvalue weighted by Gasteiger charge is 2.37. The topological polar surface area (TPSA) is 128 Å². The predicted octanol–water partition coefficient (Wildman–Crippen LogP) is -0.998. The van der Waals surface area contributed by atoms with Crippen LogP contribution in [-0.2, 0) is 11.3 Å². The lowest BCUT2D eigenvalue weighted by Crippen LogP contribution is -2.32. The SMILES string of the molecule is C=CCn1c(=O)n([C@@H]2O[C@H](CO)C[C@H]2O)c2nc(N)ncc21. The molecular formula is C13H17N5O4. The zero-order chi connectivity index (χ0) is 15.9. The molecule has 0 aromatic carbocycles. The van der Waals surface area contributed by atoms with Gasteiger partial charge in [-0.25, -0.2) is 14.3 Å². The molecule has 2 aromatic heterocycles. The van der Waals surface area contributed by atoms with Gasteiger partial charge in [0.1, 0.15) is 11.6 Å². The molecule has 1 saturated heterocycles. The van der Waals surface area contributed by atoms with Crippen molar-refractivity contribution >= 4 is 17.1 Å². The Bertz CT molecular complexity index is 768. The van der Waals surface area contributed by atoms with E-state index in [0.29, 0.717) is 5.52 Å². The first-order chi connectivity index (χ1) is 10.6. The molecule has 2 aromatic rings. The summed E-state index contributed by atoms with van der Waals surface area (Å²) in [5.74, 6) is 0.0168. The number of aliphatic hydroxyl groups excluding tert-OH is 2. The van der Waals surface area contributed by atoms with E-state index in [1.807, 2.05) is 0 Å². The summed E-state index contributed by atoms with van der Waals surface area (Å²) in [4.78, 5) is 20.6. The molecular weight excluding hydrogens is 290 g/mol. The molecule has 0 radical (unpaired) electrons. The summed E-state index contributed by atoms with van der Waals surface area (Å²) in [5.41, 5.74) is 5.95. The van der Waals surface area contributed by atoms with E-state index >= 15 is 0 Å². The summed E-state index contributed by atoms with van der Waals surface area (Å²) < 4.78 is 8.22. The fraction of sp³-hybridized carbons (Fsp3) is 0.462. The number of aliphatic hydroxyl groups is 2. The van der Waals surface area contributed by atoms with Crippen LogP contribution in [-0.4, -0.2) is 48.1 Å². The van der Waals surface area contributed by atoms with Crippen molar-refractivity contribution in [3.05, 3.63) is 29.3 Å². The van der Waals surface area contributed by atoms with Crippen molar-refractivity contribution in [2.24, 2.45) is 0 Å². The highest BCUT2D eigenvalue weighted by molar-refractivity contribution is 5.72. The standard InChI is InChI=1S/C13H17N5O4/c1-2-3-17-8-5-15-12(14)16-10(8)18(13(17)21)11-9(20)4-7(6-19)22-11/h2,5,7,9,11,19-20H,1,3-4,6H2,(H2,14,15,16)/t7-,9+,11+/m0/s1. The van der Waals surface area contributed by atoms with Crippen molar-refractivity contribution in [3.8, 4) is 0 Å². The number of anilines is 1. The van der Waals surface area contributed by atoms with Gasteiger partial charge in [0.05, 0.1) is 18.9 Å². The van der Waals surface area contributed by atoms with Crippen LogP contribution in [0.15, 0.2) is 23.6 Å². The number of nitrogen functional groups attached to an aromatic ring is 1. The van der Waals surface area contributed by atoms with Gasteiger partial charge < -0.3 is 20.7 Å². The molecule has 1 fully saturated rings. The average Bonchev–Trinajstić information content (AvgIpc) is 2.98. The number of hydrogen-bond donors (Lipinski definition) is 3. The van der Waals surface area contributed by atoms with Crippen LogP contribution in [0, 0.1) is 0 Å². The van der Waals surface area contributed by atoms with Gasteiger partial charge in [-0.1, -0.05) is 6.08 Å². The normalized spacial score (nSPS) is 24.9. The van der Waals surface area contributed by atoms with Crippen LogP contribution in [0.3, 0.4) is 0 Å². The minimum absolute atomic E-state index is 0.0168. The van der Waals surface area contributed by atoms with Crippen LogP contribution in [0.4, 0.5) is 5.95 Å². The van der Waals surface area contributed by atoms with E-state index in [9.17, 15) is 15.0 Å². The quantitative estimate of drug-likeness (QED) is 0.618. The van der Waals surface area contributed by atoms with Gasteiger partial charge in [-0.3, -0.25) is 4.57 Å². The molecule has 22 heavy (non-hydrogen) atoms. The van der Waals surface area contributed by atoms with Gasteiger partial charge in [0.2, 0.25) is 5.95 Å². The van der Waals surface area contributed by atoms with Crippen molar-refractivity contribution in [3.63, 3.8) is 0 Å². The van der Waals surface area contributed by atoms with Crippen molar-refractivity contribution in [2.75, 3.05) is 12.3 Å². The lowest BCUT2D eigenvalue weighted by Gasteiger charge is -2.15. The molecule has 0 amide bonds. The third-order valence-corrected chi connectivity index (χ3v) is 3.66. The molecule has 3 rings (SSSR count). The van der Waals surface area contributed by atoms with E-state index in [4.69, 9.17) is 10.5 Å². The van der Waals surface area contributed by atoms with E-state index in [0.717, 1.165) is 0 Å². The summed E-state index contributed by atoms with van der Waals surface area (Å²) in [6, 6.07) is 0. The Hall–Kier alpha value is -2.23. The molecule has 0 bridgehead atoms. The van der Waals surface area contributed by atoms with Gasteiger partial charge in [-0.05, 0) is 0 Å². The van der Waals surface area contributed by atoms with E-state index < -0.39 is 24.1 Å². The maximum absolute atomic E-state index is 12.6. The van der Waals surface area contributed by atoms with Gasteiger partial charge in [-0.2, -0.15) is 4.98 Å². The predicted molar refractivity (Wildman–Crippen MR) is 78.0 cm³/mol. The molecule has 118 valence electrons. The molecule has 0 unspecified atom stereocenters. The Balaban J connectivity index is 2.20. The van der Waals surface area contributed by atoms with Crippen LogP contribution >= 0.6 is 0 Å². The third-order valence-electron chi connectivity index (χ3n) is 3.66. The maximum Gasteiger partial charge on any atom is 0.332 e. The van der Waals surface area contributed by atoms with Crippen molar-refractivity contribution < 1.29 is 14.9 Å². The van der Waals surface area contributed by atoms with E-state index in [1.165, 1.54) is 15.3 Å². The Labute approximate surface area is 125 Å². The van der Waals surface area contributed by atoms with Gasteiger partial charge in [0, 0.05) is 13.0 Å². The number of nitrogens with zero attached hydrogens (tertiary/aromatic N) is 4. The summed E-state index contributed by atoms with van der Waals surface area (Å²) in [5, 5.41) is 19.3. The molecule has 4 N–H and O–H groups in total. The zero-order valence-corrected chi connectivity index (χ0v) is 11.8. The number of imidazole rings is 1. The summed E-state index contributed by atoms with van der Waals surface area (Å²) >= 11 is 0. The van der Waals surface area contributed by atoms with Crippen molar-refractivity contribution in [2.45, 2.75) is 31.4 Å². The van der Waals surface area contributed by atoms with E-state index in [2.05, 4.69) is 16.5 Å². The first kappa shape index (κ1) is 14.7. The van der Waals surface area contributed by atoms with Crippen LogP contribution in [0.1, 0.15) is 12.6 Å². The maximum atomic E-state index is 12.6. The smallest absolute Gasteiger partial charge is 0.332 e. The minimum atomic E-state index is -0.924. The molecule has 1 aliphatic heterocycles. The Morgan fingerprint density at radius 3 is 3.00 bits per heavy atom. The minimum Gasteiger partial charge on any atom is -0.394 e. The molecule has 3 atom stereocenters. The molecule has 0 spiro atoms. The Morgan fingerprint density at radius 2 is 2.36 bits per heavy atom. The molecule has 9 heteroatoms. The number of ether oxygens (including phenoxy) is 1. The van der Waals surface area contributed by atoms with Gasteiger partial charge >= 0.3 is 5.69 Å². The molecule has 1 aliphatic rings. The lowest BCUT2D eigenvalue weighted by atomic mass is 10.2. The van der Waals surface area contributed by atoms with Crippen LogP contribution in [0.2, 0.25) is 0 Å². The summed E-state index contributed by atoms with van der Waals surface area (Å²) in [7, 11) is 0. The van der Waals surface area contributed by atoms with Gasteiger partial charge in [0.15, 0.2) is 11.9 Å². The van der Waals surface area contributed by atoms with E-state index in [1.54, 1.807) is 6.08 Å².